The van der Waals surface area contributed by atoms with Gasteiger partial charge in [-0.1, -0.05) is 60.7 Å². The maximum atomic E-state index is 12.9. The van der Waals surface area contributed by atoms with Crippen LogP contribution >= 0.6 is 0 Å². The van der Waals surface area contributed by atoms with E-state index in [0.717, 1.165) is 23.3 Å². The first kappa shape index (κ1) is 22.8. The van der Waals surface area contributed by atoms with Crippen LogP contribution in [0, 0.1) is 10.1 Å². The molecule has 0 spiro atoms. The van der Waals surface area contributed by atoms with Gasteiger partial charge in [0.25, 0.3) is 5.69 Å². The Labute approximate surface area is 182 Å². The van der Waals surface area contributed by atoms with Crippen LogP contribution in [0.15, 0.2) is 78.9 Å². The summed E-state index contributed by atoms with van der Waals surface area (Å²) in [6, 6.07) is 20.7. The number of hydrogen-bond donors (Lipinski definition) is 2. The maximum Gasteiger partial charge on any atom is 0.416 e. The summed E-state index contributed by atoms with van der Waals surface area (Å²) in [6.07, 6.45) is -4.68. The highest BCUT2D eigenvalue weighted by Crippen LogP contribution is 2.34. The molecule has 0 aliphatic rings. The molecule has 32 heavy (non-hydrogen) atoms. The molecule has 0 saturated carbocycles. The topological polar surface area (TPSA) is 84.3 Å². The number of amides is 1. The fourth-order valence-corrected chi connectivity index (χ4v) is 3.28. The van der Waals surface area contributed by atoms with Gasteiger partial charge in [-0.3, -0.25) is 14.9 Å². The van der Waals surface area contributed by atoms with Gasteiger partial charge in [0.2, 0.25) is 5.91 Å². The summed E-state index contributed by atoms with van der Waals surface area (Å²) in [6.45, 7) is 0.210. The molecule has 0 atom stereocenters. The van der Waals surface area contributed by atoms with Crippen LogP contribution in [0.5, 0.6) is 0 Å². The molecule has 0 fully saturated rings. The zero-order valence-corrected chi connectivity index (χ0v) is 16.8. The highest BCUT2D eigenvalue weighted by atomic mass is 19.4. The number of hydrogen-bond acceptors (Lipinski definition) is 4. The minimum Gasteiger partial charge on any atom is -0.378 e. The molecule has 0 aliphatic carbocycles. The molecular formula is C23H20F3N3O3. The van der Waals surface area contributed by atoms with E-state index in [1.807, 2.05) is 60.7 Å². The van der Waals surface area contributed by atoms with Crippen molar-refractivity contribution < 1.29 is 22.9 Å². The normalized spacial score (nSPS) is 11.2. The number of carbonyl (C=O) groups excluding carboxylic acids is 1. The Hall–Kier alpha value is -3.88. The van der Waals surface area contributed by atoms with Gasteiger partial charge < -0.3 is 10.6 Å². The maximum absolute atomic E-state index is 12.9. The third-order valence-corrected chi connectivity index (χ3v) is 4.79. The number of rotatable bonds is 8. The lowest BCUT2D eigenvalue weighted by molar-refractivity contribution is -0.384. The molecule has 3 aromatic rings. The average Bonchev–Trinajstić information content (AvgIpc) is 2.77. The van der Waals surface area contributed by atoms with E-state index < -0.39 is 28.3 Å². The summed E-state index contributed by atoms with van der Waals surface area (Å²) in [5.41, 5.74) is -0.223. The molecule has 0 radical (unpaired) electrons. The minimum absolute atomic E-state index is 0.0556. The monoisotopic (exact) mass is 443 g/mol. The van der Waals surface area contributed by atoms with E-state index in [-0.39, 0.29) is 24.7 Å². The highest BCUT2D eigenvalue weighted by molar-refractivity contribution is 5.87. The van der Waals surface area contributed by atoms with Crippen molar-refractivity contribution in [3.05, 3.63) is 106 Å². The van der Waals surface area contributed by atoms with E-state index >= 15 is 0 Å². The van der Waals surface area contributed by atoms with Crippen molar-refractivity contribution in [1.82, 2.24) is 5.32 Å². The van der Waals surface area contributed by atoms with Crippen molar-refractivity contribution in [2.45, 2.75) is 12.1 Å². The van der Waals surface area contributed by atoms with Crippen LogP contribution < -0.4 is 10.6 Å². The summed E-state index contributed by atoms with van der Waals surface area (Å²) < 4.78 is 38.5. The van der Waals surface area contributed by atoms with Crippen LogP contribution in [0.3, 0.4) is 0 Å². The number of carbonyl (C=O) groups is 1. The first-order valence-corrected chi connectivity index (χ1v) is 9.74. The number of nitrogens with zero attached hydrogens (tertiary/aromatic N) is 1. The zero-order valence-electron chi connectivity index (χ0n) is 16.8. The van der Waals surface area contributed by atoms with Gasteiger partial charge in [-0.2, -0.15) is 13.2 Å². The predicted octanol–water partition coefficient (Wildman–Crippen LogP) is 4.97. The van der Waals surface area contributed by atoms with Crippen LogP contribution in [0.4, 0.5) is 24.5 Å². The second-order valence-corrected chi connectivity index (χ2v) is 6.96. The molecule has 0 saturated heterocycles. The predicted molar refractivity (Wildman–Crippen MR) is 114 cm³/mol. The standard InChI is InChI=1S/C23H20F3N3O3/c24-23(25,26)18-11-12-19(20(15-18)29(31)32)27-13-14-28-22(30)21(16-7-3-1-4-8-16)17-9-5-2-6-10-17/h1-12,15,21,27H,13-14H2,(H,28,30). The van der Waals surface area contributed by atoms with Crippen molar-refractivity contribution in [2.75, 3.05) is 18.4 Å². The van der Waals surface area contributed by atoms with Crippen molar-refractivity contribution in [3.8, 4) is 0 Å². The molecule has 0 unspecified atom stereocenters. The van der Waals surface area contributed by atoms with Crippen LogP contribution in [-0.4, -0.2) is 23.9 Å². The average molecular weight is 443 g/mol. The van der Waals surface area contributed by atoms with Gasteiger partial charge >= 0.3 is 6.18 Å². The van der Waals surface area contributed by atoms with E-state index in [2.05, 4.69) is 10.6 Å². The van der Waals surface area contributed by atoms with Crippen LogP contribution in [0.1, 0.15) is 22.6 Å². The third-order valence-electron chi connectivity index (χ3n) is 4.79. The lowest BCUT2D eigenvalue weighted by Gasteiger charge is -2.18. The third kappa shape index (κ3) is 5.63. The van der Waals surface area contributed by atoms with Gasteiger partial charge in [0.05, 0.1) is 16.4 Å². The lowest BCUT2D eigenvalue weighted by atomic mass is 9.90. The molecular weight excluding hydrogens is 423 g/mol. The molecule has 0 aliphatic heterocycles. The fraction of sp³-hybridized carbons (Fsp3) is 0.174. The second kappa shape index (κ2) is 9.95. The minimum atomic E-state index is -4.68. The van der Waals surface area contributed by atoms with Gasteiger partial charge in [-0.15, -0.1) is 0 Å². The first-order chi connectivity index (χ1) is 15.3. The summed E-state index contributed by atoms with van der Waals surface area (Å²) >= 11 is 0. The van der Waals surface area contributed by atoms with Crippen LogP contribution in [-0.2, 0) is 11.0 Å². The largest absolute Gasteiger partial charge is 0.416 e. The van der Waals surface area contributed by atoms with Crippen molar-refractivity contribution >= 4 is 17.3 Å². The van der Waals surface area contributed by atoms with E-state index in [4.69, 9.17) is 0 Å². The summed E-state index contributed by atoms with van der Waals surface area (Å²) in [5.74, 6) is -0.802. The summed E-state index contributed by atoms with van der Waals surface area (Å²) in [5, 5.41) is 16.7. The SMILES string of the molecule is O=C(NCCNc1ccc(C(F)(F)F)cc1[N+](=O)[O-])C(c1ccccc1)c1ccccc1. The van der Waals surface area contributed by atoms with Gasteiger partial charge in [0.15, 0.2) is 0 Å². The Morgan fingerprint density at radius 1 is 0.906 bits per heavy atom. The Morgan fingerprint density at radius 3 is 1.97 bits per heavy atom. The molecule has 0 bridgehead atoms. The van der Waals surface area contributed by atoms with E-state index in [0.29, 0.717) is 6.07 Å². The Balaban J connectivity index is 1.67. The van der Waals surface area contributed by atoms with Crippen molar-refractivity contribution in [1.29, 1.82) is 0 Å². The summed E-state index contributed by atoms with van der Waals surface area (Å²) in [7, 11) is 0. The Kier molecular flexibility index (Phi) is 7.09. The number of nitro groups is 1. The van der Waals surface area contributed by atoms with Gasteiger partial charge in [0.1, 0.15) is 5.69 Å². The molecule has 3 aromatic carbocycles. The Morgan fingerprint density at radius 2 is 1.47 bits per heavy atom. The highest BCUT2D eigenvalue weighted by Gasteiger charge is 2.33. The van der Waals surface area contributed by atoms with E-state index in [9.17, 15) is 28.1 Å². The lowest BCUT2D eigenvalue weighted by Crippen LogP contribution is -2.33. The molecule has 166 valence electrons. The zero-order chi connectivity index (χ0) is 23.1. The van der Waals surface area contributed by atoms with Crippen LogP contribution in [0.25, 0.3) is 0 Å². The number of benzene rings is 3. The van der Waals surface area contributed by atoms with Crippen LogP contribution in [0.2, 0.25) is 0 Å². The van der Waals surface area contributed by atoms with Gasteiger partial charge in [-0.25, -0.2) is 0 Å². The van der Waals surface area contributed by atoms with E-state index in [1.165, 1.54) is 0 Å². The Bertz CT molecular complexity index is 1030. The molecule has 9 heteroatoms. The van der Waals surface area contributed by atoms with Gasteiger partial charge in [-0.05, 0) is 23.3 Å². The van der Waals surface area contributed by atoms with E-state index in [1.54, 1.807) is 0 Å². The molecule has 1 amide bonds. The quantitative estimate of drug-likeness (QED) is 0.292. The van der Waals surface area contributed by atoms with Crippen molar-refractivity contribution in [3.63, 3.8) is 0 Å². The first-order valence-electron chi connectivity index (χ1n) is 9.74. The molecule has 6 nitrogen and oxygen atoms in total. The smallest absolute Gasteiger partial charge is 0.378 e. The van der Waals surface area contributed by atoms with Crippen molar-refractivity contribution in [2.24, 2.45) is 0 Å². The number of halogens is 3. The van der Waals surface area contributed by atoms with Gasteiger partial charge in [0, 0.05) is 19.2 Å². The number of anilines is 1. The molecule has 0 heterocycles. The number of nitro benzene ring substituents is 1. The molecule has 3 rings (SSSR count). The fourth-order valence-electron chi connectivity index (χ4n) is 3.28. The molecule has 0 aromatic heterocycles. The summed E-state index contributed by atoms with van der Waals surface area (Å²) in [4.78, 5) is 23.2. The molecule has 2 N–H and O–H groups in total. The number of alkyl halides is 3. The second-order valence-electron chi connectivity index (χ2n) is 6.96. The number of nitrogens with one attached hydrogen (secondary N) is 2.